The van der Waals surface area contributed by atoms with Crippen LogP contribution in [0.25, 0.3) is 0 Å². The minimum absolute atomic E-state index is 0.366. The Bertz CT molecular complexity index is 396. The number of halogens is 3. The Morgan fingerprint density at radius 2 is 2.00 bits per heavy atom. The van der Waals surface area contributed by atoms with Crippen molar-refractivity contribution in [3.8, 4) is 0 Å². The van der Waals surface area contributed by atoms with Gasteiger partial charge >= 0.3 is 6.18 Å². The van der Waals surface area contributed by atoms with E-state index in [-0.39, 0.29) is 0 Å². The third kappa shape index (κ3) is 1.93. The molecule has 4 heteroatoms. The Labute approximate surface area is 92.7 Å². The number of hydrogen-bond acceptors (Lipinski definition) is 1. The number of aryl methyl sites for hydroxylation is 1. The van der Waals surface area contributed by atoms with E-state index in [0.717, 1.165) is 18.1 Å². The third-order valence-electron chi connectivity index (χ3n) is 3.20. The molecule has 1 aromatic rings. The molecule has 1 atom stereocenters. The minimum Gasteiger partial charge on any atom is -0.248 e. The SMILES string of the molecule is CC(C)[C@@H]1CCc2nc(C(F)(F)F)ccc21. The lowest BCUT2D eigenvalue weighted by Crippen LogP contribution is -2.10. The Morgan fingerprint density at radius 3 is 2.56 bits per heavy atom. The molecule has 1 nitrogen and oxygen atoms in total. The lowest BCUT2D eigenvalue weighted by Gasteiger charge is -2.15. The summed E-state index contributed by atoms with van der Waals surface area (Å²) in [5.74, 6) is 0.824. The van der Waals surface area contributed by atoms with E-state index >= 15 is 0 Å². The number of pyridine rings is 1. The highest BCUT2D eigenvalue weighted by atomic mass is 19.4. The molecule has 0 saturated heterocycles. The van der Waals surface area contributed by atoms with Gasteiger partial charge in [0.2, 0.25) is 0 Å². The van der Waals surface area contributed by atoms with E-state index in [1.807, 2.05) is 0 Å². The van der Waals surface area contributed by atoms with Crippen molar-refractivity contribution < 1.29 is 13.2 Å². The largest absolute Gasteiger partial charge is 0.433 e. The fraction of sp³-hybridized carbons (Fsp3) is 0.583. The third-order valence-corrected chi connectivity index (χ3v) is 3.20. The summed E-state index contributed by atoms with van der Waals surface area (Å²) >= 11 is 0. The zero-order chi connectivity index (χ0) is 11.9. The van der Waals surface area contributed by atoms with Crippen molar-refractivity contribution in [2.45, 2.75) is 38.8 Å². The van der Waals surface area contributed by atoms with Crippen LogP contribution in [0.1, 0.15) is 43.1 Å². The number of hydrogen-bond donors (Lipinski definition) is 0. The van der Waals surface area contributed by atoms with Crippen LogP contribution in [0.3, 0.4) is 0 Å². The van der Waals surface area contributed by atoms with Crippen molar-refractivity contribution >= 4 is 0 Å². The second kappa shape index (κ2) is 3.75. The average Bonchev–Trinajstić information content (AvgIpc) is 2.58. The van der Waals surface area contributed by atoms with Crippen molar-refractivity contribution in [3.63, 3.8) is 0 Å². The Hall–Kier alpha value is -1.06. The van der Waals surface area contributed by atoms with Gasteiger partial charge in [0.25, 0.3) is 0 Å². The average molecular weight is 229 g/mol. The molecule has 0 fully saturated rings. The van der Waals surface area contributed by atoms with Crippen molar-refractivity contribution in [2.75, 3.05) is 0 Å². The fourth-order valence-corrected chi connectivity index (χ4v) is 2.35. The zero-order valence-electron chi connectivity index (χ0n) is 9.30. The zero-order valence-corrected chi connectivity index (χ0v) is 9.30. The maximum absolute atomic E-state index is 12.4. The number of rotatable bonds is 1. The Morgan fingerprint density at radius 1 is 1.31 bits per heavy atom. The van der Waals surface area contributed by atoms with Crippen molar-refractivity contribution in [1.82, 2.24) is 4.98 Å². The first-order valence-electron chi connectivity index (χ1n) is 5.46. The smallest absolute Gasteiger partial charge is 0.248 e. The Balaban J connectivity index is 2.37. The monoisotopic (exact) mass is 229 g/mol. The summed E-state index contributed by atoms with van der Waals surface area (Å²) in [5, 5.41) is 0. The molecule has 0 bridgehead atoms. The summed E-state index contributed by atoms with van der Waals surface area (Å²) in [7, 11) is 0. The maximum atomic E-state index is 12.4. The molecule has 88 valence electrons. The number of nitrogens with zero attached hydrogens (tertiary/aromatic N) is 1. The van der Waals surface area contributed by atoms with Crippen LogP contribution in [0, 0.1) is 5.92 Å². The summed E-state index contributed by atoms with van der Waals surface area (Å²) in [6, 6.07) is 2.70. The normalized spacial score (nSPS) is 20.2. The molecule has 1 aromatic heterocycles. The lowest BCUT2D eigenvalue weighted by molar-refractivity contribution is -0.141. The van der Waals surface area contributed by atoms with Crippen LogP contribution in [-0.4, -0.2) is 4.98 Å². The van der Waals surface area contributed by atoms with Gasteiger partial charge in [-0.25, -0.2) is 4.98 Å². The molecule has 0 aliphatic heterocycles. The predicted octanol–water partition coefficient (Wildman–Crippen LogP) is 3.79. The molecule has 1 heterocycles. The quantitative estimate of drug-likeness (QED) is 0.714. The first-order chi connectivity index (χ1) is 7.39. The highest BCUT2D eigenvalue weighted by Crippen LogP contribution is 2.39. The molecule has 2 rings (SSSR count). The molecule has 0 aromatic carbocycles. The van der Waals surface area contributed by atoms with Crippen LogP contribution in [0.2, 0.25) is 0 Å². The molecule has 1 aliphatic rings. The van der Waals surface area contributed by atoms with Gasteiger partial charge < -0.3 is 0 Å². The Kier molecular flexibility index (Phi) is 2.68. The van der Waals surface area contributed by atoms with E-state index in [1.165, 1.54) is 0 Å². The summed E-state index contributed by atoms with van der Waals surface area (Å²) in [5.41, 5.74) is 0.868. The molecule has 16 heavy (non-hydrogen) atoms. The summed E-state index contributed by atoms with van der Waals surface area (Å²) < 4.78 is 37.3. The maximum Gasteiger partial charge on any atom is 0.433 e. The summed E-state index contributed by atoms with van der Waals surface area (Å²) in [6.45, 7) is 4.19. The van der Waals surface area contributed by atoms with Gasteiger partial charge in [0.05, 0.1) is 0 Å². The van der Waals surface area contributed by atoms with Crippen LogP contribution in [-0.2, 0) is 12.6 Å². The topological polar surface area (TPSA) is 12.9 Å². The van der Waals surface area contributed by atoms with Crippen LogP contribution < -0.4 is 0 Å². The van der Waals surface area contributed by atoms with Crippen LogP contribution in [0.5, 0.6) is 0 Å². The van der Waals surface area contributed by atoms with E-state index in [2.05, 4.69) is 18.8 Å². The van der Waals surface area contributed by atoms with E-state index < -0.39 is 11.9 Å². The number of fused-ring (bicyclic) bond motifs is 1. The summed E-state index contributed by atoms with van der Waals surface area (Å²) in [6.07, 6.45) is -2.74. The van der Waals surface area contributed by atoms with E-state index in [9.17, 15) is 13.2 Å². The van der Waals surface area contributed by atoms with Gasteiger partial charge in [-0.05, 0) is 36.3 Å². The van der Waals surface area contributed by atoms with E-state index in [4.69, 9.17) is 0 Å². The molecule has 0 saturated carbocycles. The highest BCUT2D eigenvalue weighted by Gasteiger charge is 2.35. The lowest BCUT2D eigenvalue weighted by atomic mass is 9.91. The van der Waals surface area contributed by atoms with Gasteiger partial charge in [-0.2, -0.15) is 13.2 Å². The number of alkyl halides is 3. The molecule has 0 amide bonds. The molecule has 0 radical (unpaired) electrons. The molecular weight excluding hydrogens is 215 g/mol. The summed E-state index contributed by atoms with van der Waals surface area (Å²) in [4.78, 5) is 3.73. The fourth-order valence-electron chi connectivity index (χ4n) is 2.35. The van der Waals surface area contributed by atoms with Gasteiger partial charge in [-0.15, -0.1) is 0 Å². The van der Waals surface area contributed by atoms with Crippen LogP contribution in [0.4, 0.5) is 13.2 Å². The van der Waals surface area contributed by atoms with Crippen molar-refractivity contribution in [1.29, 1.82) is 0 Å². The van der Waals surface area contributed by atoms with Gasteiger partial charge in [-0.1, -0.05) is 19.9 Å². The van der Waals surface area contributed by atoms with Gasteiger partial charge in [0.15, 0.2) is 0 Å². The predicted molar refractivity (Wildman–Crippen MR) is 55.1 cm³/mol. The highest BCUT2D eigenvalue weighted by molar-refractivity contribution is 5.32. The molecule has 1 aliphatic carbocycles. The van der Waals surface area contributed by atoms with Gasteiger partial charge in [0.1, 0.15) is 5.69 Å². The standard InChI is InChI=1S/C12H14F3N/c1-7(2)8-3-5-10-9(8)4-6-11(16-10)12(13,14)15/h4,6-8H,3,5H2,1-2H3/t8-/m0/s1. The van der Waals surface area contributed by atoms with E-state index in [1.54, 1.807) is 6.07 Å². The van der Waals surface area contributed by atoms with Crippen LogP contribution in [0.15, 0.2) is 12.1 Å². The first-order valence-corrected chi connectivity index (χ1v) is 5.46. The minimum atomic E-state index is -4.33. The second-order valence-electron chi connectivity index (χ2n) is 4.62. The molecule has 0 spiro atoms. The first kappa shape index (κ1) is 11.4. The van der Waals surface area contributed by atoms with Crippen LogP contribution >= 0.6 is 0 Å². The van der Waals surface area contributed by atoms with Crippen molar-refractivity contribution in [2.24, 2.45) is 5.92 Å². The number of aromatic nitrogens is 1. The van der Waals surface area contributed by atoms with E-state index in [0.29, 0.717) is 24.0 Å². The second-order valence-corrected chi connectivity index (χ2v) is 4.62. The van der Waals surface area contributed by atoms with Crippen molar-refractivity contribution in [3.05, 3.63) is 29.1 Å². The van der Waals surface area contributed by atoms with Gasteiger partial charge in [-0.3, -0.25) is 0 Å². The van der Waals surface area contributed by atoms with Gasteiger partial charge in [0, 0.05) is 5.69 Å². The molecule has 0 N–H and O–H groups in total. The molecular formula is C12H14F3N. The molecule has 0 unspecified atom stereocenters.